The Balaban J connectivity index is 2.25. The molecule has 2 atom stereocenters. The minimum atomic E-state index is -1.14. The van der Waals surface area contributed by atoms with Crippen LogP contribution in [0.2, 0.25) is 0 Å². The molecule has 0 saturated heterocycles. The van der Waals surface area contributed by atoms with E-state index >= 15 is 0 Å². The van der Waals surface area contributed by atoms with Crippen LogP contribution in [0.1, 0.15) is 25.7 Å². The molecule has 1 aliphatic rings. The summed E-state index contributed by atoms with van der Waals surface area (Å²) in [6, 6.07) is 0. The average Bonchev–Trinajstić information content (AvgIpc) is 2.77. The van der Waals surface area contributed by atoms with Gasteiger partial charge in [-0.05, 0) is 25.7 Å². The maximum absolute atomic E-state index is 12.1. The van der Waals surface area contributed by atoms with Gasteiger partial charge in [-0.15, -0.1) is 0 Å². The molecule has 1 rings (SSSR count). The van der Waals surface area contributed by atoms with Gasteiger partial charge in [0.05, 0.1) is 11.8 Å². The van der Waals surface area contributed by atoms with Crippen LogP contribution in [0, 0.1) is 11.8 Å². The Morgan fingerprint density at radius 3 is 1.30 bits per heavy atom. The summed E-state index contributed by atoms with van der Waals surface area (Å²) in [6.07, 6.45) is 1.31. The number of ether oxygens (including phenoxy) is 4. The Labute approximate surface area is 174 Å². The molecule has 30 heavy (non-hydrogen) atoms. The van der Waals surface area contributed by atoms with Crippen LogP contribution >= 0.6 is 0 Å². The van der Waals surface area contributed by atoms with Crippen molar-refractivity contribution < 1.29 is 48.3 Å². The van der Waals surface area contributed by atoms with Gasteiger partial charge >= 0.3 is 23.9 Å². The number of carbonyl (C=O) groups excluding carboxylic acids is 4. The monoisotopic (exact) mass is 428 g/mol. The first-order valence-corrected chi connectivity index (χ1v) is 9.54. The van der Waals surface area contributed by atoms with E-state index in [2.05, 4.69) is 22.6 Å². The van der Waals surface area contributed by atoms with E-state index in [0.29, 0.717) is 25.7 Å². The molecule has 0 heterocycles. The number of esters is 4. The van der Waals surface area contributed by atoms with Crippen molar-refractivity contribution in [3.63, 3.8) is 0 Å². The lowest BCUT2D eigenvalue weighted by molar-refractivity contribution is -0.160. The lowest BCUT2D eigenvalue weighted by atomic mass is 9.82. The summed E-state index contributed by atoms with van der Waals surface area (Å²) in [5.41, 5.74) is 0. The van der Waals surface area contributed by atoms with Crippen LogP contribution in [0.15, 0.2) is 25.3 Å². The van der Waals surface area contributed by atoms with Crippen molar-refractivity contribution in [1.29, 1.82) is 0 Å². The van der Waals surface area contributed by atoms with Gasteiger partial charge in [0.2, 0.25) is 0 Å². The van der Waals surface area contributed by atoms with Crippen molar-refractivity contribution in [2.75, 3.05) is 26.4 Å². The molecule has 10 heteroatoms. The summed E-state index contributed by atoms with van der Waals surface area (Å²) in [5.74, 6) is -3.15. The van der Waals surface area contributed by atoms with Gasteiger partial charge in [-0.2, -0.15) is 0 Å². The van der Waals surface area contributed by atoms with E-state index in [1.807, 2.05) is 0 Å². The molecule has 0 aromatic rings. The molecule has 0 aliphatic heterocycles. The van der Waals surface area contributed by atoms with Gasteiger partial charge < -0.3 is 29.2 Å². The zero-order valence-corrected chi connectivity index (χ0v) is 16.7. The fourth-order valence-corrected chi connectivity index (χ4v) is 2.73. The first-order valence-electron chi connectivity index (χ1n) is 9.54. The lowest BCUT2D eigenvalue weighted by Crippen LogP contribution is -2.32. The quantitative estimate of drug-likeness (QED) is 0.248. The Morgan fingerprint density at radius 2 is 1.00 bits per heavy atom. The van der Waals surface area contributed by atoms with E-state index in [0.717, 1.165) is 12.2 Å². The molecule has 1 fully saturated rings. The highest BCUT2D eigenvalue weighted by Crippen LogP contribution is 2.30. The first kappa shape index (κ1) is 25.3. The van der Waals surface area contributed by atoms with Crippen LogP contribution in [-0.4, -0.2) is 72.7 Å². The highest BCUT2D eigenvalue weighted by molar-refractivity contribution is 5.81. The molecule has 0 spiro atoms. The second kappa shape index (κ2) is 13.5. The Hall–Kier alpha value is -2.72. The number of carbonyl (C=O) groups is 4. The van der Waals surface area contributed by atoms with Crippen LogP contribution in [-0.2, 0) is 38.1 Å². The Kier molecular flexibility index (Phi) is 11.4. The smallest absolute Gasteiger partial charge is 0.330 e. The number of aliphatic hydroxyl groups is 2. The van der Waals surface area contributed by atoms with Gasteiger partial charge in [0.15, 0.2) is 0 Å². The van der Waals surface area contributed by atoms with Crippen molar-refractivity contribution in [2.45, 2.75) is 37.9 Å². The minimum absolute atomic E-state index is 0.306. The molecule has 1 aliphatic carbocycles. The standard InChI is InChI=1S/C20H28O10/c1-3-17(23)27-9-15(21)11-29-19(25)13-5-7-14(8-6-13)20(26)30-12-16(22)10-28-18(24)4-2/h3-4,13-16,21-22H,1-2,5-12H2. The zero-order chi connectivity index (χ0) is 22.5. The van der Waals surface area contributed by atoms with Crippen molar-refractivity contribution >= 4 is 23.9 Å². The van der Waals surface area contributed by atoms with Gasteiger partial charge in [0.1, 0.15) is 38.6 Å². The van der Waals surface area contributed by atoms with Crippen molar-refractivity contribution in [2.24, 2.45) is 11.8 Å². The van der Waals surface area contributed by atoms with Crippen molar-refractivity contribution in [3.8, 4) is 0 Å². The summed E-state index contributed by atoms with van der Waals surface area (Å²) in [4.78, 5) is 46.0. The second-order valence-corrected chi connectivity index (χ2v) is 6.78. The summed E-state index contributed by atoms with van der Waals surface area (Å²) in [7, 11) is 0. The topological polar surface area (TPSA) is 146 Å². The van der Waals surface area contributed by atoms with E-state index in [1.54, 1.807) is 0 Å². The maximum Gasteiger partial charge on any atom is 0.330 e. The molecule has 0 radical (unpaired) electrons. The molecule has 0 bridgehead atoms. The molecular weight excluding hydrogens is 400 g/mol. The first-order chi connectivity index (χ1) is 14.3. The van der Waals surface area contributed by atoms with Crippen LogP contribution in [0.4, 0.5) is 0 Å². The van der Waals surface area contributed by atoms with E-state index in [4.69, 9.17) is 9.47 Å². The average molecular weight is 428 g/mol. The molecule has 1 saturated carbocycles. The maximum atomic E-state index is 12.1. The molecular formula is C20H28O10. The SMILES string of the molecule is C=CC(=O)OCC(O)COC(=O)C1CCC(C(=O)OCC(O)COC(=O)C=C)CC1. The highest BCUT2D eigenvalue weighted by Gasteiger charge is 2.32. The minimum Gasteiger partial charge on any atom is -0.463 e. The van der Waals surface area contributed by atoms with E-state index in [9.17, 15) is 29.4 Å². The largest absolute Gasteiger partial charge is 0.463 e. The Morgan fingerprint density at radius 1 is 0.700 bits per heavy atom. The van der Waals surface area contributed by atoms with Gasteiger partial charge in [-0.1, -0.05) is 13.2 Å². The highest BCUT2D eigenvalue weighted by atomic mass is 16.6. The molecule has 168 valence electrons. The van der Waals surface area contributed by atoms with E-state index in [-0.39, 0.29) is 26.4 Å². The van der Waals surface area contributed by atoms with Gasteiger partial charge in [-0.25, -0.2) is 9.59 Å². The second-order valence-electron chi connectivity index (χ2n) is 6.78. The van der Waals surface area contributed by atoms with Gasteiger partial charge in [-0.3, -0.25) is 9.59 Å². The van der Waals surface area contributed by atoms with Crippen LogP contribution in [0.25, 0.3) is 0 Å². The van der Waals surface area contributed by atoms with Gasteiger partial charge in [0, 0.05) is 12.2 Å². The van der Waals surface area contributed by atoms with E-state index in [1.165, 1.54) is 0 Å². The summed E-state index contributed by atoms with van der Waals surface area (Å²) in [5, 5.41) is 19.3. The third-order valence-electron chi connectivity index (χ3n) is 4.40. The summed E-state index contributed by atoms with van der Waals surface area (Å²) >= 11 is 0. The number of hydrogen-bond donors (Lipinski definition) is 2. The normalized spacial score (nSPS) is 20.2. The fraction of sp³-hybridized carbons (Fsp3) is 0.600. The van der Waals surface area contributed by atoms with Gasteiger partial charge in [0.25, 0.3) is 0 Å². The van der Waals surface area contributed by atoms with Crippen LogP contribution in [0.5, 0.6) is 0 Å². The zero-order valence-electron chi connectivity index (χ0n) is 16.7. The van der Waals surface area contributed by atoms with Crippen molar-refractivity contribution in [1.82, 2.24) is 0 Å². The lowest BCUT2D eigenvalue weighted by Gasteiger charge is -2.26. The third kappa shape index (κ3) is 9.66. The molecule has 2 unspecified atom stereocenters. The molecule has 10 nitrogen and oxygen atoms in total. The number of hydrogen-bond acceptors (Lipinski definition) is 10. The van der Waals surface area contributed by atoms with Crippen LogP contribution in [0.3, 0.4) is 0 Å². The fourth-order valence-electron chi connectivity index (χ4n) is 2.73. The predicted octanol–water partition coefficient (Wildman–Crippen LogP) is 0.0594. The Bertz CT molecular complexity index is 567. The van der Waals surface area contributed by atoms with Crippen molar-refractivity contribution in [3.05, 3.63) is 25.3 Å². The third-order valence-corrected chi connectivity index (χ3v) is 4.40. The molecule has 0 aromatic heterocycles. The summed E-state index contributed by atoms with van der Waals surface area (Å²) in [6.45, 7) is 5.21. The predicted molar refractivity (Wildman–Crippen MR) is 102 cm³/mol. The van der Waals surface area contributed by atoms with E-state index < -0.39 is 47.9 Å². The molecule has 0 amide bonds. The number of aliphatic hydroxyl groups excluding tert-OH is 2. The molecule has 2 N–H and O–H groups in total. The van der Waals surface area contributed by atoms with Crippen LogP contribution < -0.4 is 0 Å². The molecule has 0 aromatic carbocycles. The number of rotatable bonds is 12. The summed E-state index contributed by atoms with van der Waals surface area (Å²) < 4.78 is 19.4.